The zero-order chi connectivity index (χ0) is 17.5. The molecule has 1 aromatic carbocycles. The number of methoxy groups -OCH3 is 2. The predicted octanol–water partition coefficient (Wildman–Crippen LogP) is 2.65. The Morgan fingerprint density at radius 3 is 2.42 bits per heavy atom. The quantitative estimate of drug-likeness (QED) is 0.592. The van der Waals surface area contributed by atoms with Crippen molar-refractivity contribution in [2.24, 2.45) is 5.92 Å². The molecule has 1 aliphatic rings. The summed E-state index contributed by atoms with van der Waals surface area (Å²) in [7, 11) is 3.01. The number of nitrogens with zero attached hydrogens (tertiary/aromatic N) is 1. The van der Waals surface area contributed by atoms with Gasteiger partial charge in [0.05, 0.1) is 20.9 Å². The van der Waals surface area contributed by atoms with Crippen LogP contribution in [-0.2, 0) is 4.79 Å². The number of carbonyl (C=O) groups is 2. The Morgan fingerprint density at radius 1 is 1.17 bits per heavy atom. The summed E-state index contributed by atoms with van der Waals surface area (Å²) in [5.74, 6) is 0.525. The third-order valence-electron chi connectivity index (χ3n) is 4.19. The number of piperidine rings is 1. The maximum Gasteiger partial charge on any atom is 0.246 e. The molecule has 5 nitrogen and oxygen atoms in total. The summed E-state index contributed by atoms with van der Waals surface area (Å²) in [5, 5.41) is 0. The van der Waals surface area contributed by atoms with Gasteiger partial charge in [0, 0.05) is 24.7 Å². The first-order valence-corrected chi connectivity index (χ1v) is 7.88. The normalized spacial score (nSPS) is 15.5. The summed E-state index contributed by atoms with van der Waals surface area (Å²) in [6, 6.07) is 4.83. The van der Waals surface area contributed by atoms with Gasteiger partial charge in [-0.05, 0) is 43.0 Å². The van der Waals surface area contributed by atoms with Gasteiger partial charge < -0.3 is 14.4 Å². The smallest absolute Gasteiger partial charge is 0.246 e. The second-order valence-electron chi connectivity index (χ2n) is 5.69. The Kier molecular flexibility index (Phi) is 6.35. The molecule has 0 radical (unpaired) electrons. The van der Waals surface area contributed by atoms with Crippen molar-refractivity contribution in [3.63, 3.8) is 0 Å². The molecule has 1 aromatic rings. The van der Waals surface area contributed by atoms with Crippen LogP contribution in [0.1, 0.15) is 23.2 Å². The zero-order valence-electron chi connectivity index (χ0n) is 14.0. The summed E-state index contributed by atoms with van der Waals surface area (Å²) in [6.07, 6.45) is 3.86. The minimum absolute atomic E-state index is 0.0476. The highest BCUT2D eigenvalue weighted by Crippen LogP contribution is 2.27. The van der Waals surface area contributed by atoms with Crippen molar-refractivity contribution in [1.82, 2.24) is 4.90 Å². The van der Waals surface area contributed by atoms with Crippen molar-refractivity contribution in [1.29, 1.82) is 0 Å². The first-order valence-electron chi connectivity index (χ1n) is 7.88. The summed E-state index contributed by atoms with van der Waals surface area (Å²) < 4.78 is 22.9. The van der Waals surface area contributed by atoms with E-state index in [1.54, 1.807) is 23.1 Å². The van der Waals surface area contributed by atoms with Gasteiger partial charge in [-0.15, -0.1) is 0 Å². The Labute approximate surface area is 141 Å². The molecule has 2 rings (SSSR count). The average Bonchev–Trinajstić information content (AvgIpc) is 2.65. The highest BCUT2D eigenvalue weighted by atomic mass is 19.1. The van der Waals surface area contributed by atoms with E-state index in [1.165, 1.54) is 26.4 Å². The SMILES string of the molecule is COc1ccc(C(=O)/C=C/C(=O)N2CCC(CF)CC2)cc1OC. The Bertz CT molecular complexity index is 621. The van der Waals surface area contributed by atoms with E-state index in [1.807, 2.05) is 0 Å². The lowest BCUT2D eigenvalue weighted by Crippen LogP contribution is -2.38. The Hall–Kier alpha value is -2.37. The van der Waals surface area contributed by atoms with Crippen LogP contribution in [0.4, 0.5) is 4.39 Å². The van der Waals surface area contributed by atoms with Gasteiger partial charge in [-0.2, -0.15) is 0 Å². The van der Waals surface area contributed by atoms with E-state index >= 15 is 0 Å². The van der Waals surface area contributed by atoms with Crippen LogP contribution in [0.3, 0.4) is 0 Å². The number of alkyl halides is 1. The lowest BCUT2D eigenvalue weighted by atomic mass is 9.98. The molecule has 6 heteroatoms. The largest absolute Gasteiger partial charge is 0.493 e. The number of likely N-dealkylation sites (tertiary alicyclic amines) is 1. The van der Waals surface area contributed by atoms with Crippen molar-refractivity contribution in [3.05, 3.63) is 35.9 Å². The number of halogens is 1. The van der Waals surface area contributed by atoms with Crippen LogP contribution in [0.15, 0.2) is 30.4 Å². The van der Waals surface area contributed by atoms with Gasteiger partial charge in [0.15, 0.2) is 17.3 Å². The first-order chi connectivity index (χ1) is 11.6. The molecule has 1 heterocycles. The molecule has 1 fully saturated rings. The fourth-order valence-corrected chi connectivity index (χ4v) is 2.65. The monoisotopic (exact) mass is 335 g/mol. The number of benzene rings is 1. The Balaban J connectivity index is 1.98. The van der Waals surface area contributed by atoms with Crippen molar-refractivity contribution < 1.29 is 23.5 Å². The van der Waals surface area contributed by atoms with Gasteiger partial charge in [0.25, 0.3) is 0 Å². The highest BCUT2D eigenvalue weighted by Gasteiger charge is 2.21. The molecule has 24 heavy (non-hydrogen) atoms. The van der Waals surface area contributed by atoms with E-state index in [9.17, 15) is 14.0 Å². The van der Waals surface area contributed by atoms with E-state index in [2.05, 4.69) is 0 Å². The molecule has 0 unspecified atom stereocenters. The average molecular weight is 335 g/mol. The first kappa shape index (κ1) is 18.0. The molecule has 130 valence electrons. The van der Waals surface area contributed by atoms with Crippen LogP contribution in [0.2, 0.25) is 0 Å². The molecular formula is C18H22FNO4. The minimum atomic E-state index is -0.338. The summed E-state index contributed by atoms with van der Waals surface area (Å²) in [6.45, 7) is 0.722. The van der Waals surface area contributed by atoms with Crippen molar-refractivity contribution in [3.8, 4) is 11.5 Å². The van der Waals surface area contributed by atoms with Crippen molar-refractivity contribution in [2.75, 3.05) is 34.0 Å². The molecule has 0 spiro atoms. The van der Waals surface area contributed by atoms with Gasteiger partial charge in [0.1, 0.15) is 0 Å². The van der Waals surface area contributed by atoms with Crippen LogP contribution in [0, 0.1) is 5.92 Å². The fourth-order valence-electron chi connectivity index (χ4n) is 2.65. The highest BCUT2D eigenvalue weighted by molar-refractivity contribution is 6.07. The maximum absolute atomic E-state index is 12.6. The van der Waals surface area contributed by atoms with Gasteiger partial charge in [-0.1, -0.05) is 0 Å². The number of hydrogen-bond donors (Lipinski definition) is 0. The number of carbonyl (C=O) groups excluding carboxylic acids is 2. The maximum atomic E-state index is 12.6. The second kappa shape index (κ2) is 8.47. The number of ether oxygens (including phenoxy) is 2. The van der Waals surface area contributed by atoms with E-state index in [-0.39, 0.29) is 24.3 Å². The third kappa shape index (κ3) is 4.34. The minimum Gasteiger partial charge on any atom is -0.493 e. The fraction of sp³-hybridized carbons (Fsp3) is 0.444. The predicted molar refractivity (Wildman–Crippen MR) is 88.3 cm³/mol. The van der Waals surface area contributed by atoms with Gasteiger partial charge in [-0.25, -0.2) is 0 Å². The number of ketones is 1. The second-order valence-corrected chi connectivity index (χ2v) is 5.69. The summed E-state index contributed by atoms with van der Waals surface area (Å²) in [5.41, 5.74) is 0.410. The molecule has 0 aromatic heterocycles. The topological polar surface area (TPSA) is 55.8 Å². The molecule has 0 bridgehead atoms. The van der Waals surface area contributed by atoms with Crippen molar-refractivity contribution in [2.45, 2.75) is 12.8 Å². The lowest BCUT2D eigenvalue weighted by Gasteiger charge is -2.29. The molecule has 1 aliphatic heterocycles. The summed E-state index contributed by atoms with van der Waals surface area (Å²) in [4.78, 5) is 25.9. The van der Waals surface area contributed by atoms with E-state index in [0.717, 1.165) is 0 Å². The van der Waals surface area contributed by atoms with Crippen LogP contribution in [0.25, 0.3) is 0 Å². The zero-order valence-corrected chi connectivity index (χ0v) is 14.0. The molecule has 0 N–H and O–H groups in total. The van der Waals surface area contributed by atoms with E-state index in [4.69, 9.17) is 9.47 Å². The van der Waals surface area contributed by atoms with Gasteiger partial charge in [0.2, 0.25) is 5.91 Å². The van der Waals surface area contributed by atoms with E-state index < -0.39 is 0 Å². The molecule has 0 saturated carbocycles. The molecular weight excluding hydrogens is 313 g/mol. The van der Waals surface area contributed by atoms with Gasteiger partial charge >= 0.3 is 0 Å². The molecule has 0 atom stereocenters. The Morgan fingerprint density at radius 2 is 1.83 bits per heavy atom. The lowest BCUT2D eigenvalue weighted by molar-refractivity contribution is -0.127. The van der Waals surface area contributed by atoms with Crippen molar-refractivity contribution >= 4 is 11.7 Å². The third-order valence-corrected chi connectivity index (χ3v) is 4.19. The molecule has 1 amide bonds. The number of hydrogen-bond acceptors (Lipinski definition) is 4. The standard InChI is InChI=1S/C18H22FNO4/c1-23-16-5-3-14(11-17(16)24-2)15(21)4-6-18(22)20-9-7-13(12-19)8-10-20/h3-6,11,13H,7-10,12H2,1-2H3/b6-4+. The van der Waals surface area contributed by atoms with Gasteiger partial charge in [-0.3, -0.25) is 14.0 Å². The van der Waals surface area contributed by atoms with Crippen LogP contribution in [0.5, 0.6) is 11.5 Å². The van der Waals surface area contributed by atoms with E-state index in [0.29, 0.717) is 43.0 Å². The van der Waals surface area contributed by atoms with Crippen LogP contribution >= 0.6 is 0 Å². The molecule has 0 aliphatic carbocycles. The van der Waals surface area contributed by atoms with Crippen LogP contribution < -0.4 is 9.47 Å². The number of rotatable bonds is 6. The number of allylic oxidation sites excluding steroid dienone is 1. The summed E-state index contributed by atoms with van der Waals surface area (Å²) >= 11 is 0. The number of amides is 1. The molecule has 1 saturated heterocycles. The van der Waals surface area contributed by atoms with Crippen LogP contribution in [-0.4, -0.2) is 50.6 Å².